The summed E-state index contributed by atoms with van der Waals surface area (Å²) in [5, 5.41) is 11.2. The number of carboxylic acid groups (broad SMARTS) is 1. The topological polar surface area (TPSA) is 68.8 Å². The number of pyridine rings is 1. The third-order valence-electron chi connectivity index (χ3n) is 1.61. The van der Waals surface area contributed by atoms with Crippen LogP contribution in [0.3, 0.4) is 0 Å². The Balaban J connectivity index is 2.70. The first kappa shape index (κ1) is 6.84. The molecule has 2 rings (SSSR count). The van der Waals surface area contributed by atoms with Gasteiger partial charge in [-0.05, 0) is 18.2 Å². The number of nitrogens with zero attached hydrogens (tertiary/aromatic N) is 1. The van der Waals surface area contributed by atoms with E-state index in [4.69, 9.17) is 0 Å². The van der Waals surface area contributed by atoms with Crippen LogP contribution in [0.25, 0.3) is 11.0 Å². The monoisotopic (exact) mass is 161 g/mol. The number of H-pyrrole nitrogens is 1. The zero-order valence-electron chi connectivity index (χ0n) is 6.07. The van der Waals surface area contributed by atoms with Gasteiger partial charge in [0.05, 0.1) is 11.7 Å². The van der Waals surface area contributed by atoms with Crippen molar-refractivity contribution in [1.82, 2.24) is 9.97 Å². The number of rotatable bonds is 1. The Bertz CT molecular complexity index is 400. The number of aromatic nitrogens is 2. The normalized spacial score (nSPS) is 10.3. The Kier molecular flexibility index (Phi) is 1.33. The van der Waals surface area contributed by atoms with Crippen LogP contribution >= 0.6 is 0 Å². The quantitative estimate of drug-likeness (QED) is 0.636. The largest absolute Gasteiger partial charge is 0.543 e. The van der Waals surface area contributed by atoms with Crippen molar-refractivity contribution in [2.75, 3.05) is 0 Å². The van der Waals surface area contributed by atoms with E-state index in [1.807, 2.05) is 0 Å². The minimum Gasteiger partial charge on any atom is -0.543 e. The van der Waals surface area contributed by atoms with Crippen LogP contribution in [0.1, 0.15) is 10.5 Å². The predicted molar refractivity (Wildman–Crippen MR) is 40.4 cm³/mol. The molecule has 0 amide bonds. The Morgan fingerprint density at radius 3 is 3.08 bits per heavy atom. The maximum Gasteiger partial charge on any atom is 0.137 e. The molecule has 0 aliphatic heterocycles. The second-order valence-corrected chi connectivity index (χ2v) is 2.41. The third-order valence-corrected chi connectivity index (χ3v) is 1.61. The van der Waals surface area contributed by atoms with E-state index in [-0.39, 0.29) is 5.69 Å². The minimum absolute atomic E-state index is 0.0590. The van der Waals surface area contributed by atoms with Gasteiger partial charge in [-0.15, -0.1) is 0 Å². The van der Waals surface area contributed by atoms with Gasteiger partial charge in [-0.25, -0.2) is 4.98 Å². The van der Waals surface area contributed by atoms with Crippen molar-refractivity contribution < 1.29 is 9.90 Å². The second-order valence-electron chi connectivity index (χ2n) is 2.41. The first-order valence-corrected chi connectivity index (χ1v) is 3.42. The van der Waals surface area contributed by atoms with Crippen molar-refractivity contribution in [3.63, 3.8) is 0 Å². The van der Waals surface area contributed by atoms with Crippen LogP contribution in [0.15, 0.2) is 24.4 Å². The summed E-state index contributed by atoms with van der Waals surface area (Å²) in [7, 11) is 0. The standard InChI is InChI=1S/C8H6N2O2/c11-8(12)6-4-5-2-1-3-9-7(5)10-6/h1-4H,(H,9,10)(H,11,12)/p-1. The van der Waals surface area contributed by atoms with Gasteiger partial charge in [0.15, 0.2) is 0 Å². The minimum atomic E-state index is -1.21. The Labute approximate surface area is 67.9 Å². The first-order chi connectivity index (χ1) is 5.77. The number of carbonyl (C=O) groups is 1. The fourth-order valence-corrected chi connectivity index (χ4v) is 1.07. The SMILES string of the molecule is O=C([O-])c1cc2cccnc2[nH]1. The van der Waals surface area contributed by atoms with Crippen LogP contribution in [0.2, 0.25) is 0 Å². The zero-order chi connectivity index (χ0) is 8.55. The third kappa shape index (κ3) is 0.934. The highest BCUT2D eigenvalue weighted by atomic mass is 16.4. The maximum absolute atomic E-state index is 10.4. The van der Waals surface area contributed by atoms with E-state index in [0.29, 0.717) is 5.65 Å². The molecule has 0 radical (unpaired) electrons. The molecule has 2 aromatic heterocycles. The molecular formula is C8H5N2O2-. The molecule has 2 heterocycles. The van der Waals surface area contributed by atoms with E-state index < -0.39 is 5.97 Å². The van der Waals surface area contributed by atoms with Crippen LogP contribution in [-0.4, -0.2) is 15.9 Å². The number of carbonyl (C=O) groups excluding carboxylic acids is 1. The Morgan fingerprint density at radius 2 is 2.42 bits per heavy atom. The predicted octanol–water partition coefficient (Wildman–Crippen LogP) is -0.0736. The van der Waals surface area contributed by atoms with E-state index in [1.54, 1.807) is 18.3 Å². The summed E-state index contributed by atoms with van der Waals surface area (Å²) >= 11 is 0. The lowest BCUT2D eigenvalue weighted by atomic mass is 10.3. The summed E-state index contributed by atoms with van der Waals surface area (Å²) in [6.45, 7) is 0. The molecule has 0 aliphatic rings. The van der Waals surface area contributed by atoms with Crippen molar-refractivity contribution >= 4 is 17.0 Å². The van der Waals surface area contributed by atoms with Gasteiger partial charge < -0.3 is 14.9 Å². The second kappa shape index (κ2) is 2.34. The van der Waals surface area contributed by atoms with Gasteiger partial charge >= 0.3 is 0 Å². The van der Waals surface area contributed by atoms with Crippen LogP contribution in [0.5, 0.6) is 0 Å². The van der Waals surface area contributed by atoms with Gasteiger partial charge in [0, 0.05) is 11.6 Å². The van der Waals surface area contributed by atoms with Gasteiger partial charge in [-0.1, -0.05) is 0 Å². The van der Waals surface area contributed by atoms with Crippen LogP contribution in [-0.2, 0) is 0 Å². The summed E-state index contributed by atoms with van der Waals surface area (Å²) in [5.41, 5.74) is 0.625. The van der Waals surface area contributed by atoms with Crippen molar-refractivity contribution in [2.45, 2.75) is 0 Å². The highest BCUT2D eigenvalue weighted by molar-refractivity contribution is 5.91. The zero-order valence-corrected chi connectivity index (χ0v) is 6.07. The fourth-order valence-electron chi connectivity index (χ4n) is 1.07. The summed E-state index contributed by atoms with van der Waals surface area (Å²) in [5.74, 6) is -1.21. The summed E-state index contributed by atoms with van der Waals surface area (Å²) in [4.78, 5) is 17.0. The van der Waals surface area contributed by atoms with E-state index in [1.165, 1.54) is 6.07 Å². The van der Waals surface area contributed by atoms with E-state index >= 15 is 0 Å². The fraction of sp³-hybridized carbons (Fsp3) is 0. The number of aromatic amines is 1. The van der Waals surface area contributed by atoms with Gasteiger partial charge in [0.25, 0.3) is 0 Å². The summed E-state index contributed by atoms with van der Waals surface area (Å²) in [6.07, 6.45) is 1.60. The van der Waals surface area contributed by atoms with E-state index in [2.05, 4.69) is 9.97 Å². The number of hydrogen-bond acceptors (Lipinski definition) is 3. The van der Waals surface area contributed by atoms with Gasteiger partial charge in [-0.2, -0.15) is 0 Å². The number of aromatic carboxylic acids is 1. The highest BCUT2D eigenvalue weighted by Crippen LogP contribution is 2.10. The molecule has 0 aromatic carbocycles. The molecule has 0 atom stereocenters. The Morgan fingerprint density at radius 1 is 1.58 bits per heavy atom. The molecule has 0 unspecified atom stereocenters. The average Bonchev–Trinajstić information content (AvgIpc) is 2.46. The molecule has 0 spiro atoms. The summed E-state index contributed by atoms with van der Waals surface area (Å²) < 4.78 is 0. The van der Waals surface area contributed by atoms with Crippen LogP contribution in [0.4, 0.5) is 0 Å². The van der Waals surface area contributed by atoms with E-state index in [9.17, 15) is 9.90 Å². The van der Waals surface area contributed by atoms with Crippen molar-refractivity contribution in [3.8, 4) is 0 Å². The lowest BCUT2D eigenvalue weighted by Gasteiger charge is -1.93. The highest BCUT2D eigenvalue weighted by Gasteiger charge is 1.99. The molecule has 2 aromatic rings. The molecule has 0 fully saturated rings. The molecule has 12 heavy (non-hydrogen) atoms. The lowest BCUT2D eigenvalue weighted by Crippen LogP contribution is -2.22. The molecule has 0 saturated heterocycles. The molecular weight excluding hydrogens is 156 g/mol. The Hall–Kier alpha value is -1.84. The number of hydrogen-bond donors (Lipinski definition) is 1. The van der Waals surface area contributed by atoms with Crippen LogP contribution in [0, 0.1) is 0 Å². The van der Waals surface area contributed by atoms with Gasteiger partial charge in [0.2, 0.25) is 0 Å². The van der Waals surface area contributed by atoms with Crippen LogP contribution < -0.4 is 5.11 Å². The lowest BCUT2D eigenvalue weighted by molar-refractivity contribution is -0.255. The maximum atomic E-state index is 10.4. The number of carboxylic acids is 1. The molecule has 0 bridgehead atoms. The number of fused-ring (bicyclic) bond motifs is 1. The van der Waals surface area contributed by atoms with Gasteiger partial charge in [-0.3, -0.25) is 0 Å². The summed E-state index contributed by atoms with van der Waals surface area (Å²) in [6, 6.07) is 5.03. The smallest absolute Gasteiger partial charge is 0.137 e. The molecule has 0 saturated carbocycles. The average molecular weight is 161 g/mol. The molecule has 60 valence electrons. The van der Waals surface area contributed by atoms with Crippen molar-refractivity contribution in [1.29, 1.82) is 0 Å². The molecule has 0 aliphatic carbocycles. The number of nitrogens with one attached hydrogen (secondary N) is 1. The molecule has 4 nitrogen and oxygen atoms in total. The van der Waals surface area contributed by atoms with Crippen molar-refractivity contribution in [2.24, 2.45) is 0 Å². The first-order valence-electron chi connectivity index (χ1n) is 3.42. The van der Waals surface area contributed by atoms with E-state index in [0.717, 1.165) is 5.39 Å². The van der Waals surface area contributed by atoms with Gasteiger partial charge in [0.1, 0.15) is 5.65 Å². The molecule has 4 heteroatoms. The molecule has 1 N–H and O–H groups in total. The van der Waals surface area contributed by atoms with Crippen molar-refractivity contribution in [3.05, 3.63) is 30.1 Å².